The van der Waals surface area contributed by atoms with Crippen molar-refractivity contribution in [3.63, 3.8) is 0 Å². The summed E-state index contributed by atoms with van der Waals surface area (Å²) in [5.41, 5.74) is 3.34. The molecule has 3 N–H and O–H groups in total. The SMILES string of the molecule is Cc1ccc(NN)nc1Cl. The number of pyridine rings is 1. The fourth-order valence-electron chi connectivity index (χ4n) is 0.584. The molecular weight excluding hydrogens is 150 g/mol. The monoisotopic (exact) mass is 157 g/mol. The Morgan fingerprint density at radius 3 is 2.80 bits per heavy atom. The first-order valence-electron chi connectivity index (χ1n) is 2.84. The molecule has 0 aromatic carbocycles. The highest BCUT2D eigenvalue weighted by Crippen LogP contribution is 2.13. The second-order valence-corrected chi connectivity index (χ2v) is 2.31. The minimum atomic E-state index is 0.482. The third kappa shape index (κ3) is 1.37. The lowest BCUT2D eigenvalue weighted by molar-refractivity contribution is 1.20. The molecule has 1 aromatic rings. The van der Waals surface area contributed by atoms with Crippen molar-refractivity contribution < 1.29 is 0 Å². The zero-order valence-electron chi connectivity index (χ0n) is 5.56. The van der Waals surface area contributed by atoms with E-state index in [4.69, 9.17) is 17.4 Å². The van der Waals surface area contributed by atoms with E-state index in [-0.39, 0.29) is 0 Å². The van der Waals surface area contributed by atoms with Crippen LogP contribution in [0.5, 0.6) is 0 Å². The molecule has 4 heteroatoms. The third-order valence-electron chi connectivity index (χ3n) is 1.18. The summed E-state index contributed by atoms with van der Waals surface area (Å²) in [5.74, 6) is 5.68. The quantitative estimate of drug-likeness (QED) is 0.367. The number of hydrogen-bond donors (Lipinski definition) is 2. The van der Waals surface area contributed by atoms with Gasteiger partial charge in [-0.1, -0.05) is 17.7 Å². The molecule has 1 aromatic heterocycles. The van der Waals surface area contributed by atoms with Crippen LogP contribution in [0.1, 0.15) is 5.56 Å². The zero-order valence-corrected chi connectivity index (χ0v) is 6.31. The number of hydrogen-bond acceptors (Lipinski definition) is 3. The van der Waals surface area contributed by atoms with Gasteiger partial charge in [-0.15, -0.1) is 0 Å². The van der Waals surface area contributed by atoms with Crippen LogP contribution in [0.15, 0.2) is 12.1 Å². The van der Waals surface area contributed by atoms with Crippen molar-refractivity contribution in [1.29, 1.82) is 0 Å². The number of anilines is 1. The molecule has 54 valence electrons. The summed E-state index contributed by atoms with van der Waals surface area (Å²) < 4.78 is 0. The second-order valence-electron chi connectivity index (χ2n) is 1.95. The number of nitrogen functional groups attached to an aromatic ring is 1. The number of aryl methyl sites for hydroxylation is 1. The van der Waals surface area contributed by atoms with Crippen molar-refractivity contribution in [1.82, 2.24) is 4.98 Å². The van der Waals surface area contributed by atoms with Gasteiger partial charge in [0, 0.05) is 0 Å². The number of aromatic nitrogens is 1. The predicted octanol–water partition coefficient (Wildman–Crippen LogP) is 1.33. The molecule has 10 heavy (non-hydrogen) atoms. The molecule has 1 heterocycles. The lowest BCUT2D eigenvalue weighted by Crippen LogP contribution is -2.08. The van der Waals surface area contributed by atoms with Gasteiger partial charge in [0.15, 0.2) is 0 Å². The molecule has 3 nitrogen and oxygen atoms in total. The Bertz CT molecular complexity index is 236. The maximum absolute atomic E-state index is 5.69. The van der Waals surface area contributed by atoms with Gasteiger partial charge >= 0.3 is 0 Å². The summed E-state index contributed by atoms with van der Waals surface area (Å²) in [7, 11) is 0. The van der Waals surface area contributed by atoms with Crippen LogP contribution in [0, 0.1) is 6.92 Å². The lowest BCUT2D eigenvalue weighted by Gasteiger charge is -1.99. The molecule has 0 saturated heterocycles. The van der Waals surface area contributed by atoms with Crippen molar-refractivity contribution >= 4 is 17.4 Å². The molecule has 0 amide bonds. The summed E-state index contributed by atoms with van der Waals surface area (Å²) in [5, 5.41) is 0.482. The Morgan fingerprint density at radius 2 is 2.30 bits per heavy atom. The van der Waals surface area contributed by atoms with Gasteiger partial charge in [0.2, 0.25) is 0 Å². The minimum absolute atomic E-state index is 0.482. The van der Waals surface area contributed by atoms with Crippen molar-refractivity contribution in [2.75, 3.05) is 5.43 Å². The fourth-order valence-corrected chi connectivity index (χ4v) is 0.738. The molecule has 0 fully saturated rings. The molecule has 0 spiro atoms. The third-order valence-corrected chi connectivity index (χ3v) is 1.57. The van der Waals surface area contributed by atoms with E-state index in [9.17, 15) is 0 Å². The van der Waals surface area contributed by atoms with Crippen molar-refractivity contribution in [2.24, 2.45) is 5.84 Å². The first-order chi connectivity index (χ1) is 4.74. The normalized spacial score (nSPS) is 9.50. The van der Waals surface area contributed by atoms with Crippen molar-refractivity contribution in [3.8, 4) is 0 Å². The summed E-state index contributed by atoms with van der Waals surface area (Å²) in [4.78, 5) is 3.92. The largest absolute Gasteiger partial charge is 0.308 e. The van der Waals surface area contributed by atoms with E-state index >= 15 is 0 Å². The van der Waals surface area contributed by atoms with E-state index in [1.54, 1.807) is 6.07 Å². The van der Waals surface area contributed by atoms with Crippen LogP contribution in [-0.4, -0.2) is 4.98 Å². The fraction of sp³-hybridized carbons (Fsp3) is 0.167. The van der Waals surface area contributed by atoms with Gasteiger partial charge in [-0.05, 0) is 18.6 Å². The number of nitrogens with zero attached hydrogens (tertiary/aromatic N) is 1. The van der Waals surface area contributed by atoms with Crippen LogP contribution in [0.25, 0.3) is 0 Å². The Labute approximate surface area is 64.2 Å². The molecule has 1 rings (SSSR count). The highest BCUT2D eigenvalue weighted by atomic mass is 35.5. The highest BCUT2D eigenvalue weighted by molar-refractivity contribution is 6.30. The predicted molar refractivity (Wildman–Crippen MR) is 41.8 cm³/mol. The average Bonchev–Trinajstić information content (AvgIpc) is 1.95. The van der Waals surface area contributed by atoms with Gasteiger partial charge in [-0.25, -0.2) is 10.8 Å². The van der Waals surface area contributed by atoms with Gasteiger partial charge in [-0.2, -0.15) is 0 Å². The van der Waals surface area contributed by atoms with Crippen molar-refractivity contribution in [2.45, 2.75) is 6.92 Å². The zero-order chi connectivity index (χ0) is 7.56. The van der Waals surface area contributed by atoms with Gasteiger partial charge in [0.1, 0.15) is 11.0 Å². The topological polar surface area (TPSA) is 50.9 Å². The van der Waals surface area contributed by atoms with Crippen molar-refractivity contribution in [3.05, 3.63) is 22.8 Å². The van der Waals surface area contributed by atoms with Crippen LogP contribution in [-0.2, 0) is 0 Å². The highest BCUT2D eigenvalue weighted by Gasteiger charge is 1.95. The molecule has 0 unspecified atom stereocenters. The van der Waals surface area contributed by atoms with E-state index in [1.165, 1.54) is 0 Å². The van der Waals surface area contributed by atoms with E-state index < -0.39 is 0 Å². The molecule has 0 bridgehead atoms. The Balaban J connectivity index is 3.04. The van der Waals surface area contributed by atoms with E-state index in [0.717, 1.165) is 5.56 Å². The van der Waals surface area contributed by atoms with E-state index in [2.05, 4.69) is 10.4 Å². The van der Waals surface area contributed by atoms with E-state index in [1.807, 2.05) is 13.0 Å². The molecule has 0 atom stereocenters. The van der Waals surface area contributed by atoms with Gasteiger partial charge in [0.25, 0.3) is 0 Å². The molecular formula is C6H8ClN3. The second kappa shape index (κ2) is 2.86. The number of halogens is 1. The average molecular weight is 158 g/mol. The first-order valence-corrected chi connectivity index (χ1v) is 3.21. The van der Waals surface area contributed by atoms with Gasteiger partial charge < -0.3 is 5.43 Å². The summed E-state index contributed by atoms with van der Waals surface area (Å²) in [6.07, 6.45) is 0. The smallest absolute Gasteiger partial charge is 0.141 e. The Kier molecular flexibility index (Phi) is 2.09. The number of nitrogens with one attached hydrogen (secondary N) is 1. The lowest BCUT2D eigenvalue weighted by atomic mass is 10.3. The van der Waals surface area contributed by atoms with Crippen LogP contribution in [0.3, 0.4) is 0 Å². The summed E-state index contributed by atoms with van der Waals surface area (Å²) >= 11 is 5.69. The van der Waals surface area contributed by atoms with Crippen LogP contribution in [0.4, 0.5) is 5.82 Å². The molecule has 0 saturated carbocycles. The Morgan fingerprint density at radius 1 is 1.60 bits per heavy atom. The molecule has 0 radical (unpaired) electrons. The van der Waals surface area contributed by atoms with Gasteiger partial charge in [0.05, 0.1) is 0 Å². The summed E-state index contributed by atoms with van der Waals surface area (Å²) in [6.45, 7) is 1.88. The van der Waals surface area contributed by atoms with Crippen LogP contribution < -0.4 is 11.3 Å². The summed E-state index contributed by atoms with van der Waals surface area (Å²) in [6, 6.07) is 3.62. The maximum atomic E-state index is 5.69. The maximum Gasteiger partial charge on any atom is 0.141 e. The number of nitrogens with two attached hydrogens (primary N) is 1. The molecule has 0 aliphatic heterocycles. The minimum Gasteiger partial charge on any atom is -0.308 e. The number of rotatable bonds is 1. The number of hydrazine groups is 1. The standard InChI is InChI=1S/C6H8ClN3/c1-4-2-3-5(10-8)9-6(4)7/h2-3H,8H2,1H3,(H,9,10). The molecule has 0 aliphatic rings. The van der Waals surface area contributed by atoms with Crippen LogP contribution in [0.2, 0.25) is 5.15 Å². The Hall–Kier alpha value is -0.800. The van der Waals surface area contributed by atoms with Crippen LogP contribution >= 0.6 is 11.6 Å². The van der Waals surface area contributed by atoms with E-state index in [0.29, 0.717) is 11.0 Å². The van der Waals surface area contributed by atoms with Gasteiger partial charge in [-0.3, -0.25) is 0 Å². The first kappa shape index (κ1) is 7.31. The molecule has 0 aliphatic carbocycles.